The number of fused-ring (bicyclic) bond motifs is 1. The van der Waals surface area contributed by atoms with Gasteiger partial charge in [0.15, 0.2) is 0 Å². The Labute approximate surface area is 190 Å². The van der Waals surface area contributed by atoms with Gasteiger partial charge in [-0.05, 0) is 54.6 Å². The number of pyridine rings is 3. The minimum absolute atomic E-state index is 0.236. The molecule has 7 nitrogen and oxygen atoms in total. The first kappa shape index (κ1) is 20.1. The molecule has 5 aromatic rings. The summed E-state index contributed by atoms with van der Waals surface area (Å²) in [5, 5.41) is 10.5. The molecule has 7 heteroatoms. The molecule has 0 saturated heterocycles. The van der Waals surface area contributed by atoms with Crippen molar-refractivity contribution in [2.24, 2.45) is 0 Å². The molecule has 0 aliphatic carbocycles. The third-order valence-corrected chi connectivity index (χ3v) is 5.03. The van der Waals surface area contributed by atoms with Gasteiger partial charge in [0, 0.05) is 46.6 Å². The first-order valence-electron chi connectivity index (χ1n) is 10.4. The number of para-hydroxylation sites is 1. The lowest BCUT2D eigenvalue weighted by Crippen LogP contribution is -2.13. The first-order chi connectivity index (χ1) is 16.2. The van der Waals surface area contributed by atoms with Crippen LogP contribution in [-0.2, 0) is 0 Å². The lowest BCUT2D eigenvalue weighted by Gasteiger charge is -2.11. The Morgan fingerprint density at radius 3 is 2.42 bits per heavy atom. The zero-order valence-corrected chi connectivity index (χ0v) is 17.6. The Hall–Kier alpha value is -4.78. The standard InChI is InChI=1S/C26H20N6O/c33-26(32-25-9-8-21(17-29-25)30-19-10-13-27-14-11-19)18-4-3-5-20(16-18)31-24-12-15-28-23-7-2-1-6-22(23)24/h1-17H,(H,27,30)(H,28,31)(H,29,32,33). The predicted octanol–water partition coefficient (Wildman–Crippen LogP) is 5.76. The highest BCUT2D eigenvalue weighted by atomic mass is 16.1. The molecule has 0 atom stereocenters. The summed E-state index contributed by atoms with van der Waals surface area (Å²) in [4.78, 5) is 25.5. The van der Waals surface area contributed by atoms with E-state index in [0.29, 0.717) is 11.4 Å². The van der Waals surface area contributed by atoms with E-state index in [4.69, 9.17) is 0 Å². The van der Waals surface area contributed by atoms with Crippen molar-refractivity contribution in [3.05, 3.63) is 109 Å². The van der Waals surface area contributed by atoms with Crippen molar-refractivity contribution in [1.29, 1.82) is 0 Å². The molecule has 3 aromatic heterocycles. The van der Waals surface area contributed by atoms with E-state index in [1.807, 2.05) is 66.7 Å². The van der Waals surface area contributed by atoms with Gasteiger partial charge in [0.25, 0.3) is 5.91 Å². The zero-order valence-electron chi connectivity index (χ0n) is 17.6. The molecule has 160 valence electrons. The second-order valence-electron chi connectivity index (χ2n) is 7.33. The Morgan fingerprint density at radius 1 is 0.697 bits per heavy atom. The molecule has 5 rings (SSSR count). The minimum atomic E-state index is -0.236. The maximum atomic E-state index is 12.8. The van der Waals surface area contributed by atoms with Gasteiger partial charge >= 0.3 is 0 Å². The van der Waals surface area contributed by atoms with Gasteiger partial charge in [-0.25, -0.2) is 4.98 Å². The van der Waals surface area contributed by atoms with Gasteiger partial charge in [-0.2, -0.15) is 0 Å². The van der Waals surface area contributed by atoms with E-state index in [-0.39, 0.29) is 5.91 Å². The smallest absolute Gasteiger partial charge is 0.256 e. The number of nitrogens with one attached hydrogen (secondary N) is 3. The van der Waals surface area contributed by atoms with E-state index in [0.717, 1.165) is 33.7 Å². The van der Waals surface area contributed by atoms with Crippen LogP contribution in [0, 0.1) is 0 Å². The summed E-state index contributed by atoms with van der Waals surface area (Å²) >= 11 is 0. The topological polar surface area (TPSA) is 91.8 Å². The number of aromatic nitrogens is 3. The highest BCUT2D eigenvalue weighted by Crippen LogP contribution is 2.25. The number of amides is 1. The summed E-state index contributed by atoms with van der Waals surface area (Å²) in [6.07, 6.45) is 6.86. The van der Waals surface area contributed by atoms with E-state index >= 15 is 0 Å². The van der Waals surface area contributed by atoms with Crippen LogP contribution in [0.4, 0.5) is 28.6 Å². The monoisotopic (exact) mass is 432 g/mol. The number of hydrogen-bond acceptors (Lipinski definition) is 6. The van der Waals surface area contributed by atoms with Crippen molar-refractivity contribution >= 4 is 45.4 Å². The van der Waals surface area contributed by atoms with E-state index in [2.05, 4.69) is 30.9 Å². The molecule has 0 fully saturated rings. The van der Waals surface area contributed by atoms with Gasteiger partial charge < -0.3 is 16.0 Å². The van der Waals surface area contributed by atoms with Gasteiger partial charge in [0.1, 0.15) is 5.82 Å². The van der Waals surface area contributed by atoms with Gasteiger partial charge in [-0.1, -0.05) is 24.3 Å². The van der Waals surface area contributed by atoms with Crippen LogP contribution in [0.1, 0.15) is 10.4 Å². The highest BCUT2D eigenvalue weighted by molar-refractivity contribution is 6.04. The van der Waals surface area contributed by atoms with Crippen LogP contribution in [0.25, 0.3) is 10.9 Å². The predicted molar refractivity (Wildman–Crippen MR) is 131 cm³/mol. The Balaban J connectivity index is 1.28. The second kappa shape index (κ2) is 9.15. The Kier molecular flexibility index (Phi) is 5.59. The molecular weight excluding hydrogens is 412 g/mol. The van der Waals surface area contributed by atoms with E-state index in [1.54, 1.807) is 36.9 Å². The van der Waals surface area contributed by atoms with Crippen LogP contribution in [0.3, 0.4) is 0 Å². The molecule has 0 unspecified atom stereocenters. The fraction of sp³-hybridized carbons (Fsp3) is 0. The van der Waals surface area contributed by atoms with Crippen molar-refractivity contribution in [2.75, 3.05) is 16.0 Å². The summed E-state index contributed by atoms with van der Waals surface area (Å²) in [6, 6.07) is 24.5. The molecular formula is C26H20N6O. The average molecular weight is 432 g/mol. The maximum Gasteiger partial charge on any atom is 0.256 e. The van der Waals surface area contributed by atoms with Crippen LogP contribution in [0.15, 0.2) is 104 Å². The number of anilines is 5. The number of carbonyl (C=O) groups is 1. The van der Waals surface area contributed by atoms with E-state index < -0.39 is 0 Å². The van der Waals surface area contributed by atoms with Gasteiger partial charge in [-0.15, -0.1) is 0 Å². The summed E-state index contributed by atoms with van der Waals surface area (Å²) in [7, 11) is 0. The van der Waals surface area contributed by atoms with Crippen LogP contribution in [0.2, 0.25) is 0 Å². The fourth-order valence-electron chi connectivity index (χ4n) is 3.43. The first-order valence-corrected chi connectivity index (χ1v) is 10.4. The Morgan fingerprint density at radius 2 is 1.58 bits per heavy atom. The summed E-state index contributed by atoms with van der Waals surface area (Å²) < 4.78 is 0. The van der Waals surface area contributed by atoms with Crippen molar-refractivity contribution in [2.45, 2.75) is 0 Å². The van der Waals surface area contributed by atoms with E-state index in [1.165, 1.54) is 0 Å². The van der Waals surface area contributed by atoms with Crippen molar-refractivity contribution in [1.82, 2.24) is 15.0 Å². The minimum Gasteiger partial charge on any atom is -0.355 e. The Bertz CT molecular complexity index is 1400. The third-order valence-electron chi connectivity index (χ3n) is 5.03. The highest BCUT2D eigenvalue weighted by Gasteiger charge is 2.09. The van der Waals surface area contributed by atoms with E-state index in [9.17, 15) is 4.79 Å². The lowest BCUT2D eigenvalue weighted by molar-refractivity contribution is 0.102. The largest absolute Gasteiger partial charge is 0.355 e. The summed E-state index contributed by atoms with van der Waals surface area (Å²) in [6.45, 7) is 0. The third kappa shape index (κ3) is 4.77. The van der Waals surface area contributed by atoms with Gasteiger partial charge in [-0.3, -0.25) is 14.8 Å². The second-order valence-corrected chi connectivity index (χ2v) is 7.33. The number of rotatable bonds is 6. The number of carbonyl (C=O) groups excluding carboxylic acids is 1. The van der Waals surface area contributed by atoms with Gasteiger partial charge in [0.05, 0.1) is 17.4 Å². The summed E-state index contributed by atoms with van der Waals surface area (Å²) in [5.41, 5.74) is 4.90. The lowest BCUT2D eigenvalue weighted by atomic mass is 10.1. The molecule has 3 heterocycles. The quantitative estimate of drug-likeness (QED) is 0.316. The van der Waals surface area contributed by atoms with Crippen LogP contribution >= 0.6 is 0 Å². The van der Waals surface area contributed by atoms with Crippen LogP contribution in [0.5, 0.6) is 0 Å². The maximum absolute atomic E-state index is 12.8. The van der Waals surface area contributed by atoms with Crippen molar-refractivity contribution < 1.29 is 4.79 Å². The molecule has 0 bridgehead atoms. The van der Waals surface area contributed by atoms with Crippen LogP contribution < -0.4 is 16.0 Å². The molecule has 0 aliphatic rings. The van der Waals surface area contributed by atoms with Crippen LogP contribution in [-0.4, -0.2) is 20.9 Å². The molecule has 0 spiro atoms. The molecule has 0 saturated carbocycles. The molecule has 2 aromatic carbocycles. The number of hydrogen-bond donors (Lipinski definition) is 3. The zero-order chi connectivity index (χ0) is 22.5. The van der Waals surface area contributed by atoms with Crippen molar-refractivity contribution in [3.63, 3.8) is 0 Å². The normalized spacial score (nSPS) is 10.5. The number of nitrogens with zero attached hydrogens (tertiary/aromatic N) is 3. The number of benzene rings is 2. The van der Waals surface area contributed by atoms with Gasteiger partial charge in [0.2, 0.25) is 0 Å². The molecule has 3 N–H and O–H groups in total. The molecule has 1 amide bonds. The average Bonchev–Trinajstić information content (AvgIpc) is 2.86. The SMILES string of the molecule is O=C(Nc1ccc(Nc2ccncc2)cn1)c1cccc(Nc2ccnc3ccccc23)c1. The summed E-state index contributed by atoms with van der Waals surface area (Å²) in [5.74, 6) is 0.236. The molecule has 33 heavy (non-hydrogen) atoms. The van der Waals surface area contributed by atoms with Crippen molar-refractivity contribution in [3.8, 4) is 0 Å². The molecule has 0 aliphatic heterocycles. The fourth-order valence-corrected chi connectivity index (χ4v) is 3.43. The molecule has 0 radical (unpaired) electrons.